The van der Waals surface area contributed by atoms with Crippen molar-refractivity contribution < 1.29 is 9.90 Å². The lowest BCUT2D eigenvalue weighted by molar-refractivity contribution is 0.0697. The van der Waals surface area contributed by atoms with Crippen molar-refractivity contribution in [2.45, 2.75) is 0 Å². The molecule has 4 nitrogen and oxygen atoms in total. The van der Waals surface area contributed by atoms with E-state index in [1.807, 2.05) is 0 Å². The number of carbonyl (C=O) groups is 1. The van der Waals surface area contributed by atoms with Gasteiger partial charge in [-0.15, -0.1) is 13.2 Å². The molecule has 0 unspecified atom stereocenters. The van der Waals surface area contributed by atoms with Crippen LogP contribution < -0.4 is 11.5 Å². The topological polar surface area (TPSA) is 89.3 Å². The molecule has 0 aliphatic rings. The second-order valence-corrected chi connectivity index (χ2v) is 2.19. The van der Waals surface area contributed by atoms with E-state index in [9.17, 15) is 4.79 Å². The molecule has 0 heterocycles. The second-order valence-electron chi connectivity index (χ2n) is 2.19. The molecule has 5 N–H and O–H groups in total. The highest BCUT2D eigenvalue weighted by molar-refractivity contribution is 5.90. The van der Waals surface area contributed by atoms with E-state index in [4.69, 9.17) is 16.6 Å². The van der Waals surface area contributed by atoms with E-state index in [0.717, 1.165) is 0 Å². The summed E-state index contributed by atoms with van der Waals surface area (Å²) in [4.78, 5) is 10.4. The van der Waals surface area contributed by atoms with Gasteiger partial charge in [0.15, 0.2) is 0 Å². The van der Waals surface area contributed by atoms with E-state index < -0.39 is 5.97 Å². The molecular formula is C9H12N2O2. The number of carboxylic acid groups (broad SMARTS) is 1. The zero-order valence-electron chi connectivity index (χ0n) is 7.16. The van der Waals surface area contributed by atoms with Crippen LogP contribution in [0.4, 0.5) is 11.4 Å². The zero-order valence-corrected chi connectivity index (χ0v) is 7.16. The Hall–Kier alpha value is -1.97. The molecule has 1 aromatic carbocycles. The van der Waals surface area contributed by atoms with E-state index in [1.54, 1.807) is 0 Å². The van der Waals surface area contributed by atoms with Gasteiger partial charge in [0.05, 0.1) is 5.56 Å². The lowest BCUT2D eigenvalue weighted by Gasteiger charge is -1.98. The van der Waals surface area contributed by atoms with Crippen LogP contribution in [0.25, 0.3) is 0 Å². The largest absolute Gasteiger partial charge is 0.478 e. The highest BCUT2D eigenvalue weighted by Gasteiger charge is 2.02. The molecule has 0 aliphatic heterocycles. The molecular weight excluding hydrogens is 168 g/mol. The Kier molecular flexibility index (Phi) is 4.09. The molecule has 0 bridgehead atoms. The van der Waals surface area contributed by atoms with Gasteiger partial charge in [-0.25, -0.2) is 4.79 Å². The molecule has 0 fully saturated rings. The number of nitrogens with two attached hydrogens (primary N) is 2. The Morgan fingerprint density at radius 1 is 1.15 bits per heavy atom. The normalized spacial score (nSPS) is 8.31. The van der Waals surface area contributed by atoms with Crippen LogP contribution in [0.5, 0.6) is 0 Å². The average Bonchev–Trinajstić information content (AvgIpc) is 2.06. The van der Waals surface area contributed by atoms with Crippen molar-refractivity contribution in [3.63, 3.8) is 0 Å². The minimum atomic E-state index is -1.02. The molecule has 0 aromatic heterocycles. The van der Waals surface area contributed by atoms with Crippen molar-refractivity contribution in [3.05, 3.63) is 36.9 Å². The first-order valence-corrected chi connectivity index (χ1v) is 3.49. The van der Waals surface area contributed by atoms with E-state index in [0.29, 0.717) is 11.4 Å². The van der Waals surface area contributed by atoms with Crippen LogP contribution in [0.15, 0.2) is 31.4 Å². The van der Waals surface area contributed by atoms with Gasteiger partial charge in [-0.3, -0.25) is 0 Å². The van der Waals surface area contributed by atoms with Crippen LogP contribution in [-0.2, 0) is 0 Å². The average molecular weight is 180 g/mol. The van der Waals surface area contributed by atoms with Gasteiger partial charge < -0.3 is 16.6 Å². The number of anilines is 2. The van der Waals surface area contributed by atoms with Crippen LogP contribution in [-0.4, -0.2) is 11.1 Å². The predicted molar refractivity (Wildman–Crippen MR) is 53.5 cm³/mol. The highest BCUT2D eigenvalue weighted by Crippen LogP contribution is 2.12. The number of hydrogen-bond donors (Lipinski definition) is 3. The first-order valence-electron chi connectivity index (χ1n) is 3.49. The summed E-state index contributed by atoms with van der Waals surface area (Å²) in [6.07, 6.45) is 0. The number of hydrogen-bond acceptors (Lipinski definition) is 3. The van der Waals surface area contributed by atoms with Gasteiger partial charge in [0.1, 0.15) is 0 Å². The number of rotatable bonds is 1. The molecule has 1 aromatic rings. The summed E-state index contributed by atoms with van der Waals surface area (Å²) in [5.74, 6) is -1.02. The fraction of sp³-hybridized carbons (Fsp3) is 0. The zero-order chi connectivity index (χ0) is 10.4. The van der Waals surface area contributed by atoms with Crippen LogP contribution in [0.1, 0.15) is 10.4 Å². The lowest BCUT2D eigenvalue weighted by atomic mass is 10.2. The third-order valence-electron chi connectivity index (χ3n) is 1.22. The number of benzene rings is 1. The smallest absolute Gasteiger partial charge is 0.335 e. The summed E-state index contributed by atoms with van der Waals surface area (Å²) in [6.45, 7) is 6.00. The van der Waals surface area contributed by atoms with Crippen molar-refractivity contribution >= 4 is 17.3 Å². The fourth-order valence-electron chi connectivity index (χ4n) is 0.800. The van der Waals surface area contributed by atoms with Gasteiger partial charge in [0, 0.05) is 11.4 Å². The summed E-state index contributed by atoms with van der Waals surface area (Å²) in [5.41, 5.74) is 11.5. The Morgan fingerprint density at radius 3 is 1.85 bits per heavy atom. The Balaban J connectivity index is 0.000000671. The van der Waals surface area contributed by atoms with Crippen molar-refractivity contribution in [2.24, 2.45) is 0 Å². The van der Waals surface area contributed by atoms with Gasteiger partial charge in [0.2, 0.25) is 0 Å². The van der Waals surface area contributed by atoms with E-state index >= 15 is 0 Å². The third-order valence-corrected chi connectivity index (χ3v) is 1.22. The molecule has 0 saturated heterocycles. The van der Waals surface area contributed by atoms with Crippen molar-refractivity contribution in [1.82, 2.24) is 0 Å². The van der Waals surface area contributed by atoms with E-state index in [2.05, 4.69) is 13.2 Å². The molecule has 0 aliphatic carbocycles. The molecule has 0 radical (unpaired) electrons. The lowest BCUT2D eigenvalue weighted by Crippen LogP contribution is -1.99. The predicted octanol–water partition coefficient (Wildman–Crippen LogP) is 1.35. The SMILES string of the molecule is C=C.Nc1cc(N)cc(C(=O)O)c1. The number of aromatic carboxylic acids is 1. The van der Waals surface area contributed by atoms with Gasteiger partial charge in [-0.2, -0.15) is 0 Å². The van der Waals surface area contributed by atoms with Gasteiger partial charge >= 0.3 is 5.97 Å². The maximum atomic E-state index is 10.4. The number of carboxylic acids is 1. The van der Waals surface area contributed by atoms with E-state index in [1.165, 1.54) is 18.2 Å². The fourth-order valence-corrected chi connectivity index (χ4v) is 0.800. The Morgan fingerprint density at radius 2 is 1.54 bits per heavy atom. The van der Waals surface area contributed by atoms with E-state index in [-0.39, 0.29) is 5.56 Å². The molecule has 13 heavy (non-hydrogen) atoms. The highest BCUT2D eigenvalue weighted by atomic mass is 16.4. The van der Waals surface area contributed by atoms with Gasteiger partial charge in [0.25, 0.3) is 0 Å². The standard InChI is InChI=1S/C7H8N2O2.C2H4/c8-5-1-4(7(10)11)2-6(9)3-5;1-2/h1-3H,8-9H2,(H,10,11);1-2H2. The van der Waals surface area contributed by atoms with Crippen molar-refractivity contribution in [3.8, 4) is 0 Å². The summed E-state index contributed by atoms with van der Waals surface area (Å²) < 4.78 is 0. The summed E-state index contributed by atoms with van der Waals surface area (Å²) >= 11 is 0. The van der Waals surface area contributed by atoms with Crippen LogP contribution in [0.2, 0.25) is 0 Å². The quantitative estimate of drug-likeness (QED) is 0.449. The minimum Gasteiger partial charge on any atom is -0.478 e. The Labute approximate surface area is 76.5 Å². The van der Waals surface area contributed by atoms with Crippen molar-refractivity contribution in [2.75, 3.05) is 11.5 Å². The van der Waals surface area contributed by atoms with Crippen LogP contribution >= 0.6 is 0 Å². The maximum absolute atomic E-state index is 10.4. The summed E-state index contributed by atoms with van der Waals surface area (Å²) in [6, 6.07) is 4.23. The molecule has 1 rings (SSSR count). The summed E-state index contributed by atoms with van der Waals surface area (Å²) in [7, 11) is 0. The molecule has 0 atom stereocenters. The minimum absolute atomic E-state index is 0.113. The van der Waals surface area contributed by atoms with Crippen molar-refractivity contribution in [1.29, 1.82) is 0 Å². The monoisotopic (exact) mass is 180 g/mol. The molecule has 0 spiro atoms. The second kappa shape index (κ2) is 4.82. The van der Waals surface area contributed by atoms with Gasteiger partial charge in [-0.05, 0) is 18.2 Å². The Bertz CT molecular complexity index is 290. The van der Waals surface area contributed by atoms with Gasteiger partial charge in [-0.1, -0.05) is 0 Å². The first-order chi connectivity index (χ1) is 6.09. The molecule has 70 valence electrons. The molecule has 0 saturated carbocycles. The van der Waals surface area contributed by atoms with Crippen LogP contribution in [0, 0.1) is 0 Å². The number of nitrogen functional groups attached to an aromatic ring is 2. The maximum Gasteiger partial charge on any atom is 0.335 e. The summed E-state index contributed by atoms with van der Waals surface area (Å²) in [5, 5.41) is 8.52. The van der Waals surface area contributed by atoms with Crippen LogP contribution in [0.3, 0.4) is 0 Å². The third kappa shape index (κ3) is 3.29. The molecule has 4 heteroatoms. The molecule has 0 amide bonds. The first kappa shape index (κ1) is 11.0.